The summed E-state index contributed by atoms with van der Waals surface area (Å²) in [5.41, 5.74) is 1.56. The van der Waals surface area contributed by atoms with E-state index < -0.39 is 30.1 Å². The van der Waals surface area contributed by atoms with Crippen molar-refractivity contribution >= 4 is 46.9 Å². The van der Waals surface area contributed by atoms with Crippen LogP contribution in [-0.4, -0.2) is 35.2 Å². The average molecular weight is 557 g/mol. The monoisotopic (exact) mass is 556 g/mol. The first-order valence-electron chi connectivity index (χ1n) is 12.2. The van der Waals surface area contributed by atoms with E-state index >= 15 is 0 Å². The van der Waals surface area contributed by atoms with E-state index in [0.717, 1.165) is 10.5 Å². The third kappa shape index (κ3) is 7.97. The Hall–Kier alpha value is -3.55. The van der Waals surface area contributed by atoms with Crippen LogP contribution in [0, 0.1) is 5.92 Å². The molecule has 0 aliphatic carbocycles. The third-order valence-corrected chi connectivity index (χ3v) is 6.40. The predicted molar refractivity (Wildman–Crippen MR) is 149 cm³/mol. The van der Waals surface area contributed by atoms with Gasteiger partial charge in [-0.2, -0.15) is 0 Å². The van der Waals surface area contributed by atoms with Crippen molar-refractivity contribution in [2.75, 3.05) is 4.90 Å². The normalized spacial score (nSPS) is 12.4. The molecule has 0 radical (unpaired) electrons. The number of amides is 2. The van der Waals surface area contributed by atoms with Crippen molar-refractivity contribution in [2.24, 2.45) is 5.92 Å². The van der Waals surface area contributed by atoms with Crippen LogP contribution in [0.1, 0.15) is 31.4 Å². The minimum Gasteiger partial charge on any atom is -0.480 e. The summed E-state index contributed by atoms with van der Waals surface area (Å²) in [5, 5.41) is 13.1. The van der Waals surface area contributed by atoms with E-state index in [-0.39, 0.29) is 41.1 Å². The quantitative estimate of drug-likeness (QED) is 0.286. The number of benzene rings is 3. The summed E-state index contributed by atoms with van der Waals surface area (Å²) in [7, 11) is 0. The SMILES string of the molecule is CC(C)C[C@H](NC(=O)OCc1ccccc1)C(=O)N(c1c(Cl)cccc1Cl)[C@@H](Cc1ccccc1)C(=O)O. The molecule has 7 nitrogen and oxygen atoms in total. The first-order valence-corrected chi connectivity index (χ1v) is 12.9. The molecule has 0 aromatic heterocycles. The molecule has 38 heavy (non-hydrogen) atoms. The Morgan fingerprint density at radius 1 is 0.868 bits per heavy atom. The van der Waals surface area contributed by atoms with E-state index in [1.54, 1.807) is 30.3 Å². The number of carboxylic acid groups (broad SMARTS) is 1. The number of rotatable bonds is 11. The predicted octanol–water partition coefficient (Wildman–Crippen LogP) is 6.36. The van der Waals surface area contributed by atoms with Crippen molar-refractivity contribution in [1.82, 2.24) is 5.32 Å². The fraction of sp³-hybridized carbons (Fsp3) is 0.276. The van der Waals surface area contributed by atoms with Crippen LogP contribution < -0.4 is 10.2 Å². The summed E-state index contributed by atoms with van der Waals surface area (Å²) in [5.74, 6) is -1.92. The molecule has 0 fully saturated rings. The van der Waals surface area contributed by atoms with Crippen LogP contribution in [0.3, 0.4) is 0 Å². The van der Waals surface area contributed by atoms with Gasteiger partial charge in [0.2, 0.25) is 0 Å². The Labute approximate surface area is 232 Å². The van der Waals surface area contributed by atoms with Gasteiger partial charge >= 0.3 is 12.1 Å². The maximum Gasteiger partial charge on any atom is 0.408 e. The fourth-order valence-corrected chi connectivity index (χ4v) is 4.61. The Balaban J connectivity index is 1.97. The molecule has 3 aromatic rings. The topological polar surface area (TPSA) is 95.9 Å². The summed E-state index contributed by atoms with van der Waals surface area (Å²) in [6.07, 6.45) is -0.570. The molecular weight excluding hydrogens is 527 g/mol. The number of para-hydroxylation sites is 1. The van der Waals surface area contributed by atoms with Gasteiger partial charge in [-0.1, -0.05) is 104 Å². The number of halogens is 2. The van der Waals surface area contributed by atoms with Gasteiger partial charge in [0.15, 0.2) is 0 Å². The number of ether oxygens (including phenoxy) is 1. The summed E-state index contributed by atoms with van der Waals surface area (Å²) in [4.78, 5) is 40.5. The highest BCUT2D eigenvalue weighted by Crippen LogP contribution is 2.36. The van der Waals surface area contributed by atoms with Crippen LogP contribution in [0.5, 0.6) is 0 Å². The standard InChI is InChI=1S/C29H30Cl2N2O5/c1-19(2)16-24(32-29(37)38-18-21-12-7-4-8-13-21)27(34)33(26-22(30)14-9-15-23(26)31)25(28(35)36)17-20-10-5-3-6-11-20/h3-15,19,24-25H,16-18H2,1-2H3,(H,32,37)(H,35,36)/t24-,25-/m0/s1. The number of carbonyl (C=O) groups is 3. The number of nitrogens with zero attached hydrogens (tertiary/aromatic N) is 1. The number of hydrogen-bond donors (Lipinski definition) is 2. The molecule has 9 heteroatoms. The first kappa shape index (κ1) is 29.0. The Morgan fingerprint density at radius 3 is 1.95 bits per heavy atom. The number of aliphatic carboxylic acids is 1. The minimum absolute atomic E-state index is 0.00365. The van der Waals surface area contributed by atoms with Crippen LogP contribution in [0.4, 0.5) is 10.5 Å². The van der Waals surface area contributed by atoms with Gasteiger partial charge in [-0.15, -0.1) is 0 Å². The van der Waals surface area contributed by atoms with Gasteiger partial charge in [0.25, 0.3) is 5.91 Å². The first-order chi connectivity index (χ1) is 18.2. The molecule has 0 saturated carbocycles. The van der Waals surface area contributed by atoms with Gasteiger partial charge in [0.1, 0.15) is 18.7 Å². The fourth-order valence-electron chi connectivity index (χ4n) is 4.03. The van der Waals surface area contributed by atoms with Gasteiger partial charge in [0, 0.05) is 6.42 Å². The molecule has 3 rings (SSSR count). The molecular formula is C29H30Cl2N2O5. The van der Waals surface area contributed by atoms with Crippen LogP contribution in [0.2, 0.25) is 10.0 Å². The second-order valence-corrected chi connectivity index (χ2v) is 10.0. The van der Waals surface area contributed by atoms with Crippen molar-refractivity contribution in [3.8, 4) is 0 Å². The molecule has 0 saturated heterocycles. The number of carbonyl (C=O) groups excluding carboxylic acids is 2. The van der Waals surface area contributed by atoms with E-state index in [1.807, 2.05) is 50.2 Å². The van der Waals surface area contributed by atoms with E-state index in [2.05, 4.69) is 5.32 Å². The zero-order valence-electron chi connectivity index (χ0n) is 21.1. The Bertz CT molecular complexity index is 1220. The van der Waals surface area contributed by atoms with Crippen LogP contribution in [0.25, 0.3) is 0 Å². The second kappa shape index (κ2) is 13.8. The second-order valence-electron chi connectivity index (χ2n) is 9.21. The minimum atomic E-state index is -1.35. The lowest BCUT2D eigenvalue weighted by Gasteiger charge is -2.34. The number of anilines is 1. The Morgan fingerprint density at radius 2 is 1.42 bits per heavy atom. The van der Waals surface area contributed by atoms with E-state index in [1.165, 1.54) is 12.1 Å². The van der Waals surface area contributed by atoms with Crippen molar-refractivity contribution < 1.29 is 24.2 Å². The molecule has 0 aliphatic heterocycles. The molecule has 0 heterocycles. The van der Waals surface area contributed by atoms with Crippen molar-refractivity contribution in [3.05, 3.63) is 100 Å². The van der Waals surface area contributed by atoms with Gasteiger partial charge < -0.3 is 15.2 Å². The molecule has 2 N–H and O–H groups in total. The van der Waals surface area contributed by atoms with Crippen molar-refractivity contribution in [3.63, 3.8) is 0 Å². The van der Waals surface area contributed by atoms with Crippen LogP contribution in [-0.2, 0) is 27.4 Å². The Kier molecular flexibility index (Phi) is 10.6. The number of alkyl carbamates (subject to hydrolysis) is 1. The summed E-state index contributed by atoms with van der Waals surface area (Å²) >= 11 is 12.9. The van der Waals surface area contributed by atoms with Gasteiger partial charge in [-0.3, -0.25) is 9.69 Å². The summed E-state index contributed by atoms with van der Waals surface area (Å²) < 4.78 is 5.34. The molecule has 0 unspecified atom stereocenters. The molecule has 0 spiro atoms. The maximum atomic E-state index is 14.1. The smallest absolute Gasteiger partial charge is 0.408 e. The molecule has 2 atom stereocenters. The average Bonchev–Trinajstić information content (AvgIpc) is 2.89. The lowest BCUT2D eigenvalue weighted by Crippen LogP contribution is -2.55. The van der Waals surface area contributed by atoms with E-state index in [9.17, 15) is 19.5 Å². The van der Waals surface area contributed by atoms with Gasteiger partial charge in [0.05, 0.1) is 15.7 Å². The molecule has 3 aromatic carbocycles. The summed E-state index contributed by atoms with van der Waals surface area (Å²) in [6.45, 7) is 3.80. The van der Waals surface area contributed by atoms with Gasteiger partial charge in [-0.05, 0) is 35.6 Å². The number of hydrogen-bond acceptors (Lipinski definition) is 4. The molecule has 0 bridgehead atoms. The number of nitrogens with one attached hydrogen (secondary N) is 1. The maximum absolute atomic E-state index is 14.1. The summed E-state index contributed by atoms with van der Waals surface area (Å²) in [6, 6.07) is 20.3. The van der Waals surface area contributed by atoms with E-state index in [0.29, 0.717) is 5.56 Å². The van der Waals surface area contributed by atoms with Crippen molar-refractivity contribution in [2.45, 2.75) is 45.4 Å². The molecule has 200 valence electrons. The third-order valence-electron chi connectivity index (χ3n) is 5.79. The largest absolute Gasteiger partial charge is 0.480 e. The number of carboxylic acids is 1. The lowest BCUT2D eigenvalue weighted by atomic mass is 9.99. The van der Waals surface area contributed by atoms with Crippen LogP contribution >= 0.6 is 23.2 Å². The highest BCUT2D eigenvalue weighted by molar-refractivity contribution is 6.40. The lowest BCUT2D eigenvalue weighted by molar-refractivity contribution is -0.140. The van der Waals surface area contributed by atoms with Crippen LogP contribution in [0.15, 0.2) is 78.9 Å². The van der Waals surface area contributed by atoms with Gasteiger partial charge in [-0.25, -0.2) is 9.59 Å². The molecule has 0 aliphatic rings. The zero-order valence-corrected chi connectivity index (χ0v) is 22.7. The highest BCUT2D eigenvalue weighted by atomic mass is 35.5. The molecule has 2 amide bonds. The van der Waals surface area contributed by atoms with E-state index in [4.69, 9.17) is 27.9 Å². The van der Waals surface area contributed by atoms with Crippen molar-refractivity contribution in [1.29, 1.82) is 0 Å². The highest BCUT2D eigenvalue weighted by Gasteiger charge is 2.38. The zero-order chi connectivity index (χ0) is 27.7.